The predicted molar refractivity (Wildman–Crippen MR) is 74.2 cm³/mol. The molecule has 7 nitrogen and oxygen atoms in total. The summed E-state index contributed by atoms with van der Waals surface area (Å²) >= 11 is 6.04. The van der Waals surface area contributed by atoms with Gasteiger partial charge in [-0.05, 0) is 6.42 Å². The second kappa shape index (κ2) is 6.33. The molecular formula is C11H16ClN7. The van der Waals surface area contributed by atoms with Gasteiger partial charge in [0.25, 0.3) is 0 Å². The van der Waals surface area contributed by atoms with E-state index >= 15 is 0 Å². The van der Waals surface area contributed by atoms with E-state index in [1.807, 2.05) is 7.05 Å². The Bertz CT molecular complexity index is 540. The molecule has 0 aliphatic rings. The van der Waals surface area contributed by atoms with Crippen molar-refractivity contribution in [3.8, 4) is 0 Å². The Hall–Kier alpha value is -1.89. The minimum absolute atomic E-state index is 0.463. The highest BCUT2D eigenvalue weighted by molar-refractivity contribution is 6.32. The van der Waals surface area contributed by atoms with Gasteiger partial charge in [0.05, 0.1) is 12.7 Å². The van der Waals surface area contributed by atoms with Crippen molar-refractivity contribution in [3.63, 3.8) is 0 Å². The smallest absolute Gasteiger partial charge is 0.224 e. The number of nitrogens with one attached hydrogen (secondary N) is 2. The number of hydrogen-bond acceptors (Lipinski definition) is 6. The highest BCUT2D eigenvalue weighted by Crippen LogP contribution is 2.19. The third kappa shape index (κ3) is 3.78. The van der Waals surface area contributed by atoms with E-state index in [4.69, 9.17) is 11.6 Å². The molecule has 0 aliphatic carbocycles. The lowest BCUT2D eigenvalue weighted by Gasteiger charge is -2.08. The molecule has 0 amide bonds. The van der Waals surface area contributed by atoms with Gasteiger partial charge in [-0.2, -0.15) is 10.1 Å². The minimum Gasteiger partial charge on any atom is -0.361 e. The van der Waals surface area contributed by atoms with E-state index in [1.165, 1.54) is 0 Å². The molecule has 8 heteroatoms. The van der Waals surface area contributed by atoms with Crippen LogP contribution in [0.3, 0.4) is 0 Å². The number of aromatic nitrogens is 5. The lowest BCUT2D eigenvalue weighted by molar-refractivity contribution is 0.747. The van der Waals surface area contributed by atoms with Crippen molar-refractivity contribution in [3.05, 3.63) is 23.4 Å². The Labute approximate surface area is 116 Å². The van der Waals surface area contributed by atoms with Crippen molar-refractivity contribution in [2.45, 2.75) is 19.9 Å². The average Bonchev–Trinajstić information content (AvgIpc) is 2.82. The standard InChI is InChI=1S/C11H16ClN7/c1-3-4-13-11-15-5-8(12)10(17-11)14-6-9-16-7-19(2)18-9/h5,7H,3-4,6H2,1-2H3,(H2,13,14,15,17). The van der Waals surface area contributed by atoms with E-state index in [0.717, 1.165) is 13.0 Å². The summed E-state index contributed by atoms with van der Waals surface area (Å²) in [5.74, 6) is 1.81. The maximum Gasteiger partial charge on any atom is 0.224 e. The molecule has 0 atom stereocenters. The van der Waals surface area contributed by atoms with E-state index in [-0.39, 0.29) is 0 Å². The Morgan fingerprint density at radius 1 is 1.32 bits per heavy atom. The summed E-state index contributed by atoms with van der Waals surface area (Å²) in [7, 11) is 1.82. The second-order valence-electron chi connectivity index (χ2n) is 4.00. The number of anilines is 2. The first-order valence-corrected chi connectivity index (χ1v) is 6.41. The first-order valence-electron chi connectivity index (χ1n) is 6.04. The van der Waals surface area contributed by atoms with Crippen LogP contribution in [0, 0.1) is 0 Å². The van der Waals surface area contributed by atoms with Gasteiger partial charge in [0.1, 0.15) is 11.3 Å². The first-order chi connectivity index (χ1) is 9.19. The number of hydrogen-bond donors (Lipinski definition) is 2. The van der Waals surface area contributed by atoms with Crippen LogP contribution in [0.4, 0.5) is 11.8 Å². The third-order valence-electron chi connectivity index (χ3n) is 2.34. The van der Waals surface area contributed by atoms with Gasteiger partial charge in [-0.25, -0.2) is 9.97 Å². The maximum atomic E-state index is 6.04. The van der Waals surface area contributed by atoms with Crippen molar-refractivity contribution < 1.29 is 0 Å². The third-order valence-corrected chi connectivity index (χ3v) is 2.61. The minimum atomic E-state index is 0.463. The molecule has 2 aromatic rings. The van der Waals surface area contributed by atoms with Crippen molar-refractivity contribution in [1.29, 1.82) is 0 Å². The number of rotatable bonds is 6. The van der Waals surface area contributed by atoms with Crippen LogP contribution in [0.2, 0.25) is 5.02 Å². The molecule has 0 fully saturated rings. The Balaban J connectivity index is 2.02. The molecule has 0 unspecified atom stereocenters. The van der Waals surface area contributed by atoms with Gasteiger partial charge in [0.2, 0.25) is 5.95 Å². The van der Waals surface area contributed by atoms with Gasteiger partial charge in [0.15, 0.2) is 11.6 Å². The summed E-state index contributed by atoms with van der Waals surface area (Å²) in [5, 5.41) is 10.8. The van der Waals surface area contributed by atoms with Crippen LogP contribution >= 0.6 is 11.6 Å². The number of nitrogens with zero attached hydrogens (tertiary/aromatic N) is 5. The van der Waals surface area contributed by atoms with Crippen LogP contribution < -0.4 is 10.6 Å². The summed E-state index contributed by atoms with van der Waals surface area (Å²) in [6.45, 7) is 3.36. The Morgan fingerprint density at radius 2 is 2.16 bits per heavy atom. The summed E-state index contributed by atoms with van der Waals surface area (Å²) in [6.07, 6.45) is 4.22. The summed E-state index contributed by atoms with van der Waals surface area (Å²) < 4.78 is 1.65. The second-order valence-corrected chi connectivity index (χ2v) is 4.41. The lowest BCUT2D eigenvalue weighted by atomic mass is 10.5. The topological polar surface area (TPSA) is 80.5 Å². The van der Waals surface area contributed by atoms with Gasteiger partial charge in [-0.3, -0.25) is 4.68 Å². The van der Waals surface area contributed by atoms with Gasteiger partial charge in [-0.15, -0.1) is 0 Å². The van der Waals surface area contributed by atoms with Crippen LogP contribution in [0.25, 0.3) is 0 Å². The highest BCUT2D eigenvalue weighted by Gasteiger charge is 2.06. The summed E-state index contributed by atoms with van der Waals surface area (Å²) in [4.78, 5) is 12.5. The van der Waals surface area contributed by atoms with Gasteiger partial charge in [0, 0.05) is 13.6 Å². The van der Waals surface area contributed by atoms with E-state index in [9.17, 15) is 0 Å². The fourth-order valence-electron chi connectivity index (χ4n) is 1.44. The fraction of sp³-hybridized carbons (Fsp3) is 0.455. The normalized spacial score (nSPS) is 10.5. The Kier molecular flexibility index (Phi) is 4.51. The average molecular weight is 282 g/mol. The van der Waals surface area contributed by atoms with Gasteiger partial charge in [-0.1, -0.05) is 18.5 Å². The quantitative estimate of drug-likeness (QED) is 0.839. The van der Waals surface area contributed by atoms with E-state index < -0.39 is 0 Å². The molecule has 0 saturated carbocycles. The van der Waals surface area contributed by atoms with Gasteiger partial charge >= 0.3 is 0 Å². The molecule has 0 spiro atoms. The number of halogens is 1. The SMILES string of the molecule is CCCNc1ncc(Cl)c(NCc2ncn(C)n2)n1. The molecule has 19 heavy (non-hydrogen) atoms. The van der Waals surface area contributed by atoms with Crippen LogP contribution in [-0.4, -0.2) is 31.3 Å². The van der Waals surface area contributed by atoms with Crippen LogP contribution in [-0.2, 0) is 13.6 Å². The fourth-order valence-corrected chi connectivity index (χ4v) is 1.60. The molecular weight excluding hydrogens is 266 g/mol. The zero-order valence-corrected chi connectivity index (χ0v) is 11.6. The number of aryl methyl sites for hydroxylation is 1. The molecule has 0 saturated heterocycles. The maximum absolute atomic E-state index is 6.04. The van der Waals surface area contributed by atoms with Crippen molar-refractivity contribution in [2.24, 2.45) is 7.05 Å². The lowest BCUT2D eigenvalue weighted by Crippen LogP contribution is -2.08. The summed E-state index contributed by atoms with van der Waals surface area (Å²) in [6, 6.07) is 0. The van der Waals surface area contributed by atoms with E-state index in [1.54, 1.807) is 17.2 Å². The van der Waals surface area contributed by atoms with Crippen molar-refractivity contribution in [1.82, 2.24) is 24.7 Å². The summed E-state index contributed by atoms with van der Waals surface area (Å²) in [5.41, 5.74) is 0. The van der Waals surface area contributed by atoms with Crippen LogP contribution in [0.1, 0.15) is 19.2 Å². The first kappa shape index (κ1) is 13.5. The molecule has 2 aromatic heterocycles. The zero-order chi connectivity index (χ0) is 13.7. The van der Waals surface area contributed by atoms with Crippen LogP contribution in [0.5, 0.6) is 0 Å². The molecule has 102 valence electrons. The van der Waals surface area contributed by atoms with E-state index in [2.05, 4.69) is 37.6 Å². The molecule has 2 N–H and O–H groups in total. The monoisotopic (exact) mass is 281 g/mol. The Morgan fingerprint density at radius 3 is 2.84 bits per heavy atom. The van der Waals surface area contributed by atoms with Crippen molar-refractivity contribution in [2.75, 3.05) is 17.2 Å². The van der Waals surface area contributed by atoms with Crippen LogP contribution in [0.15, 0.2) is 12.5 Å². The molecule has 0 aromatic carbocycles. The molecule has 2 rings (SSSR count). The molecule has 0 aliphatic heterocycles. The molecule has 0 radical (unpaired) electrons. The molecule has 2 heterocycles. The van der Waals surface area contributed by atoms with Gasteiger partial charge < -0.3 is 10.6 Å². The predicted octanol–water partition coefficient (Wildman–Crippen LogP) is 1.69. The zero-order valence-electron chi connectivity index (χ0n) is 10.9. The highest BCUT2D eigenvalue weighted by atomic mass is 35.5. The van der Waals surface area contributed by atoms with Crippen molar-refractivity contribution >= 4 is 23.4 Å². The van der Waals surface area contributed by atoms with E-state index in [0.29, 0.717) is 29.2 Å². The molecule has 0 bridgehead atoms. The largest absolute Gasteiger partial charge is 0.361 e.